The van der Waals surface area contributed by atoms with Gasteiger partial charge < -0.3 is 15.0 Å². The number of para-hydroxylation sites is 2. The number of nitrogens with one attached hydrogen (secondary N) is 1. The van der Waals surface area contributed by atoms with Gasteiger partial charge in [0.15, 0.2) is 5.84 Å². The zero-order valence-electron chi connectivity index (χ0n) is 17.1. The molecule has 1 amide bonds. The van der Waals surface area contributed by atoms with Crippen LogP contribution in [0.3, 0.4) is 0 Å². The zero-order valence-corrected chi connectivity index (χ0v) is 17.9. The molecule has 0 radical (unpaired) electrons. The largest absolute Gasteiger partial charge is 0.486 e. The van der Waals surface area contributed by atoms with Crippen molar-refractivity contribution in [3.63, 3.8) is 0 Å². The highest BCUT2D eigenvalue weighted by atomic mass is 32.2. The minimum absolute atomic E-state index is 0.0855. The number of hydrogen-bond acceptors (Lipinski definition) is 6. The van der Waals surface area contributed by atoms with Gasteiger partial charge in [0.2, 0.25) is 5.91 Å². The summed E-state index contributed by atoms with van der Waals surface area (Å²) in [4.78, 5) is 14.5. The van der Waals surface area contributed by atoms with Gasteiger partial charge in [0.05, 0.1) is 5.75 Å². The fraction of sp³-hybridized carbons (Fsp3) is 0.391. The number of rotatable bonds is 8. The molecule has 0 spiro atoms. The number of hydrogen-bond donors (Lipinski definition) is 1. The third kappa shape index (κ3) is 5.69. The Kier molecular flexibility index (Phi) is 7.13. The molecule has 0 aromatic heterocycles. The molecule has 0 saturated heterocycles. The molecule has 2 aromatic rings. The predicted octanol–water partition coefficient (Wildman–Crippen LogP) is 4.26. The van der Waals surface area contributed by atoms with Crippen LogP contribution in [0.4, 0.5) is 5.69 Å². The highest BCUT2D eigenvalue weighted by Crippen LogP contribution is 2.25. The second-order valence-electron chi connectivity index (χ2n) is 7.55. The lowest BCUT2D eigenvalue weighted by atomic mass is 9.95. The van der Waals surface area contributed by atoms with Gasteiger partial charge in [-0.1, -0.05) is 55.7 Å². The lowest BCUT2D eigenvalue weighted by Crippen LogP contribution is -2.38. The second kappa shape index (κ2) is 10.4. The van der Waals surface area contributed by atoms with E-state index in [1.165, 1.54) is 31.2 Å². The summed E-state index contributed by atoms with van der Waals surface area (Å²) in [6.45, 7) is 0.948. The first-order valence-electron chi connectivity index (χ1n) is 10.6. The van der Waals surface area contributed by atoms with Crippen molar-refractivity contribution in [2.45, 2.75) is 38.1 Å². The summed E-state index contributed by atoms with van der Waals surface area (Å²) >= 11 is 1.44. The molecule has 2 aliphatic rings. The Morgan fingerprint density at radius 2 is 1.73 bits per heavy atom. The molecule has 1 heterocycles. The highest BCUT2D eigenvalue weighted by molar-refractivity contribution is 7.97. The molecule has 1 saturated carbocycles. The van der Waals surface area contributed by atoms with Crippen molar-refractivity contribution < 1.29 is 9.53 Å². The van der Waals surface area contributed by atoms with E-state index < -0.39 is 0 Å². The predicted molar refractivity (Wildman–Crippen MR) is 122 cm³/mol. The Morgan fingerprint density at radius 1 is 1.03 bits per heavy atom. The van der Waals surface area contributed by atoms with E-state index in [4.69, 9.17) is 9.84 Å². The van der Waals surface area contributed by atoms with E-state index in [1.807, 2.05) is 52.9 Å². The summed E-state index contributed by atoms with van der Waals surface area (Å²) in [5.41, 5.74) is 1.06. The first-order valence-corrected chi connectivity index (χ1v) is 11.5. The molecule has 30 heavy (non-hydrogen) atoms. The molecule has 1 aliphatic carbocycles. The number of amides is 1. The minimum atomic E-state index is 0.0855. The Hall–Kier alpha value is -2.67. The maximum absolute atomic E-state index is 12.4. The van der Waals surface area contributed by atoms with Gasteiger partial charge in [-0.25, -0.2) is 4.41 Å². The van der Waals surface area contributed by atoms with Crippen LogP contribution in [0.15, 0.2) is 65.8 Å². The van der Waals surface area contributed by atoms with E-state index in [1.54, 1.807) is 0 Å². The summed E-state index contributed by atoms with van der Waals surface area (Å²) < 4.78 is 7.80. The first-order chi connectivity index (χ1) is 14.8. The van der Waals surface area contributed by atoms with E-state index in [-0.39, 0.29) is 5.91 Å². The van der Waals surface area contributed by atoms with Crippen LogP contribution in [0.1, 0.15) is 32.1 Å². The topological polar surface area (TPSA) is 57.2 Å². The molecular formula is C23H28N4O2S. The van der Waals surface area contributed by atoms with Crippen LogP contribution >= 0.6 is 11.9 Å². The van der Waals surface area contributed by atoms with Gasteiger partial charge in [-0.15, -0.1) is 5.10 Å². The number of carbonyl (C=O) groups excluding carboxylic acids is 1. The second-order valence-corrected chi connectivity index (χ2v) is 8.52. The third-order valence-corrected chi connectivity index (χ3v) is 6.18. The maximum Gasteiger partial charge on any atom is 0.232 e. The van der Waals surface area contributed by atoms with Gasteiger partial charge in [-0.05, 0) is 49.1 Å². The van der Waals surface area contributed by atoms with Crippen LogP contribution in [0.2, 0.25) is 0 Å². The molecule has 4 rings (SSSR count). The number of anilines is 1. The first kappa shape index (κ1) is 20.6. The van der Waals surface area contributed by atoms with E-state index in [2.05, 4.69) is 22.3 Å². The van der Waals surface area contributed by atoms with Crippen molar-refractivity contribution in [3.05, 3.63) is 60.7 Å². The maximum atomic E-state index is 12.4. The molecule has 0 bridgehead atoms. The molecule has 6 nitrogen and oxygen atoms in total. The number of benzene rings is 2. The summed E-state index contributed by atoms with van der Waals surface area (Å²) in [6, 6.07) is 20.2. The van der Waals surface area contributed by atoms with Crippen LogP contribution < -0.4 is 15.0 Å². The van der Waals surface area contributed by atoms with Crippen LogP contribution in [0.25, 0.3) is 0 Å². The van der Waals surface area contributed by atoms with Gasteiger partial charge >= 0.3 is 0 Å². The lowest BCUT2D eigenvalue weighted by Gasteiger charge is -2.23. The van der Waals surface area contributed by atoms with Crippen LogP contribution in [0, 0.1) is 0 Å². The summed E-state index contributed by atoms with van der Waals surface area (Å²) in [7, 11) is 0. The summed E-state index contributed by atoms with van der Waals surface area (Å²) in [6.07, 6.45) is 5.91. The Labute approximate surface area is 182 Å². The quantitative estimate of drug-likeness (QED) is 0.642. The van der Waals surface area contributed by atoms with Crippen molar-refractivity contribution in [2.75, 3.05) is 23.9 Å². The van der Waals surface area contributed by atoms with Crippen LogP contribution in [-0.2, 0) is 4.79 Å². The number of carbonyl (C=O) groups is 1. The van der Waals surface area contributed by atoms with Gasteiger partial charge in [0.25, 0.3) is 0 Å². The standard InChI is InChI=1S/C23H28N4O2S/c28-23(24-19-10-4-1-5-11-19)17-30-27-18-26(20-12-6-2-7-13-20)22(25-27)16-29-21-14-8-3-9-15-21/h2-3,6-9,12-15,19H,1,4-5,10-11,16-18H2,(H,24,28). The van der Waals surface area contributed by atoms with E-state index in [0.29, 0.717) is 25.1 Å². The molecule has 158 valence electrons. The summed E-state index contributed by atoms with van der Waals surface area (Å²) in [5, 5.41) is 7.88. The minimum Gasteiger partial charge on any atom is -0.486 e. The zero-order chi connectivity index (χ0) is 20.6. The average Bonchev–Trinajstić information content (AvgIpc) is 3.21. The smallest absolute Gasteiger partial charge is 0.232 e. The molecular weight excluding hydrogens is 396 g/mol. The Bertz CT molecular complexity index is 841. The number of ether oxygens (including phenoxy) is 1. The van der Waals surface area contributed by atoms with Crippen molar-refractivity contribution in [2.24, 2.45) is 5.10 Å². The molecule has 1 fully saturated rings. The average molecular weight is 425 g/mol. The highest BCUT2D eigenvalue weighted by Gasteiger charge is 2.26. The normalized spacial score (nSPS) is 17.0. The van der Waals surface area contributed by atoms with Crippen molar-refractivity contribution in [3.8, 4) is 5.75 Å². The van der Waals surface area contributed by atoms with E-state index in [9.17, 15) is 4.79 Å². The number of nitrogens with zero attached hydrogens (tertiary/aromatic N) is 3. The Balaban J connectivity index is 1.35. The molecule has 1 N–H and O–H groups in total. The van der Waals surface area contributed by atoms with Crippen molar-refractivity contribution in [1.82, 2.24) is 9.73 Å². The van der Waals surface area contributed by atoms with Crippen LogP contribution in [-0.4, -0.2) is 41.2 Å². The third-order valence-electron chi connectivity index (χ3n) is 5.29. The molecule has 0 unspecified atom stereocenters. The van der Waals surface area contributed by atoms with Crippen molar-refractivity contribution in [1.29, 1.82) is 0 Å². The van der Waals surface area contributed by atoms with Gasteiger partial charge in [-0.2, -0.15) is 0 Å². The lowest BCUT2D eigenvalue weighted by molar-refractivity contribution is -0.119. The number of hydrazone groups is 1. The Morgan fingerprint density at radius 3 is 2.47 bits per heavy atom. The molecule has 0 atom stereocenters. The van der Waals surface area contributed by atoms with Gasteiger partial charge in [0, 0.05) is 11.7 Å². The molecule has 1 aliphatic heterocycles. The van der Waals surface area contributed by atoms with Crippen LogP contribution in [0.5, 0.6) is 5.75 Å². The SMILES string of the molecule is O=C(CSN1CN(c2ccccc2)C(COc2ccccc2)=N1)NC1CCCCC1. The molecule has 7 heteroatoms. The molecule has 2 aromatic carbocycles. The number of amidine groups is 1. The van der Waals surface area contributed by atoms with E-state index >= 15 is 0 Å². The van der Waals surface area contributed by atoms with Gasteiger partial charge in [-0.3, -0.25) is 4.79 Å². The fourth-order valence-electron chi connectivity index (χ4n) is 3.75. The monoisotopic (exact) mass is 424 g/mol. The summed E-state index contributed by atoms with van der Waals surface area (Å²) in [5.74, 6) is 2.09. The van der Waals surface area contributed by atoms with E-state index in [0.717, 1.165) is 30.1 Å². The van der Waals surface area contributed by atoms with Crippen molar-refractivity contribution >= 4 is 29.4 Å². The fourth-order valence-corrected chi connectivity index (χ4v) is 4.44. The van der Waals surface area contributed by atoms with Gasteiger partial charge in [0.1, 0.15) is 19.0 Å².